The Morgan fingerprint density at radius 3 is 2.19 bits per heavy atom. The predicted molar refractivity (Wildman–Crippen MR) is 125 cm³/mol. The molecule has 0 unspecified atom stereocenters. The van der Waals surface area contributed by atoms with Gasteiger partial charge in [-0.1, -0.05) is 42.5 Å². The van der Waals surface area contributed by atoms with Crippen LogP contribution in [0.5, 0.6) is 11.5 Å². The molecule has 0 atom stereocenters. The van der Waals surface area contributed by atoms with Crippen LogP contribution >= 0.6 is 11.3 Å². The average molecular weight is 439 g/mol. The van der Waals surface area contributed by atoms with E-state index < -0.39 is 6.09 Å². The van der Waals surface area contributed by atoms with Gasteiger partial charge in [0, 0.05) is 17.0 Å². The van der Waals surface area contributed by atoms with Crippen LogP contribution in [0.25, 0.3) is 6.08 Å². The van der Waals surface area contributed by atoms with E-state index in [9.17, 15) is 9.59 Å². The minimum atomic E-state index is -0.568. The summed E-state index contributed by atoms with van der Waals surface area (Å²) in [6.07, 6.45) is 1.15. The molecular formula is C26H17NO4S. The number of fused-ring (bicyclic) bond motifs is 1. The monoisotopic (exact) mass is 439 g/mol. The van der Waals surface area contributed by atoms with Gasteiger partial charge in [-0.25, -0.2) is 9.69 Å². The van der Waals surface area contributed by atoms with E-state index in [0.29, 0.717) is 22.7 Å². The maximum atomic E-state index is 13.1. The molecule has 0 saturated heterocycles. The first kappa shape index (κ1) is 19.8. The van der Waals surface area contributed by atoms with Crippen LogP contribution in [0, 0.1) is 0 Å². The molecule has 4 aromatic rings. The Balaban J connectivity index is 1.41. The minimum Gasteiger partial charge on any atom is -0.452 e. The summed E-state index contributed by atoms with van der Waals surface area (Å²) < 4.78 is 11.4. The van der Waals surface area contributed by atoms with E-state index in [4.69, 9.17) is 9.47 Å². The summed E-state index contributed by atoms with van der Waals surface area (Å²) in [5.41, 5.74) is 1.80. The van der Waals surface area contributed by atoms with Crippen LogP contribution < -0.4 is 14.4 Å². The first-order chi connectivity index (χ1) is 15.7. The Labute approximate surface area is 188 Å². The number of nitrogens with zero attached hydrogens (tertiary/aromatic N) is 1. The standard InChI is InChI=1S/C26H17NO4S/c28-25-22-14-13-20(16-23(22)31-24(25)17-21-12-7-15-32-21)30-26(29)27(18-8-3-1-4-9-18)19-10-5-2-6-11-19/h1-17H/b24-17-. The number of thiophene rings is 1. The lowest BCUT2D eigenvalue weighted by molar-refractivity contribution is 0.101. The number of hydrogen-bond donors (Lipinski definition) is 0. The topological polar surface area (TPSA) is 55.8 Å². The molecule has 3 aromatic carbocycles. The number of rotatable bonds is 4. The third kappa shape index (κ3) is 3.91. The van der Waals surface area contributed by atoms with Crippen molar-refractivity contribution in [3.63, 3.8) is 0 Å². The van der Waals surface area contributed by atoms with Crippen molar-refractivity contribution in [2.75, 3.05) is 4.90 Å². The minimum absolute atomic E-state index is 0.193. The summed E-state index contributed by atoms with van der Waals surface area (Å²) >= 11 is 1.52. The summed E-state index contributed by atoms with van der Waals surface area (Å²) in [6, 6.07) is 27.1. The molecule has 0 N–H and O–H groups in total. The lowest BCUT2D eigenvalue weighted by Crippen LogP contribution is -2.29. The van der Waals surface area contributed by atoms with E-state index >= 15 is 0 Å². The summed E-state index contributed by atoms with van der Waals surface area (Å²) in [5, 5.41) is 1.93. The lowest BCUT2D eigenvalue weighted by atomic mass is 10.1. The maximum Gasteiger partial charge on any atom is 0.424 e. The fourth-order valence-corrected chi connectivity index (χ4v) is 4.04. The number of ether oxygens (including phenoxy) is 2. The highest BCUT2D eigenvalue weighted by Crippen LogP contribution is 2.36. The number of ketones is 1. The summed E-state index contributed by atoms with van der Waals surface area (Å²) in [4.78, 5) is 28.2. The Kier molecular flexibility index (Phi) is 5.27. The van der Waals surface area contributed by atoms with Crippen molar-refractivity contribution in [1.82, 2.24) is 0 Å². The predicted octanol–water partition coefficient (Wildman–Crippen LogP) is 6.70. The molecule has 5 rings (SSSR count). The van der Waals surface area contributed by atoms with Gasteiger partial charge in [0.05, 0.1) is 16.9 Å². The number of benzene rings is 3. The second kappa shape index (κ2) is 8.53. The van der Waals surface area contributed by atoms with Crippen LogP contribution in [0.1, 0.15) is 15.2 Å². The molecular weight excluding hydrogens is 422 g/mol. The van der Waals surface area contributed by atoms with Gasteiger partial charge in [-0.05, 0) is 47.8 Å². The van der Waals surface area contributed by atoms with Crippen LogP contribution in [0.2, 0.25) is 0 Å². The van der Waals surface area contributed by atoms with Gasteiger partial charge in [0.2, 0.25) is 5.78 Å². The fourth-order valence-electron chi connectivity index (χ4n) is 3.39. The maximum absolute atomic E-state index is 13.1. The van der Waals surface area contributed by atoms with Crippen molar-refractivity contribution in [2.45, 2.75) is 0 Å². The smallest absolute Gasteiger partial charge is 0.424 e. The Bertz CT molecular complexity index is 1260. The fraction of sp³-hybridized carbons (Fsp3) is 0. The largest absolute Gasteiger partial charge is 0.452 e. The van der Waals surface area contributed by atoms with Crippen LogP contribution in [0.3, 0.4) is 0 Å². The number of allylic oxidation sites excluding steroid dienone is 1. The molecule has 1 aliphatic rings. The van der Waals surface area contributed by atoms with Crippen molar-refractivity contribution in [2.24, 2.45) is 0 Å². The third-order valence-electron chi connectivity index (χ3n) is 4.87. The van der Waals surface area contributed by atoms with Crippen LogP contribution in [0.15, 0.2) is 102 Å². The highest BCUT2D eigenvalue weighted by molar-refractivity contribution is 7.10. The molecule has 0 radical (unpaired) electrons. The van der Waals surface area contributed by atoms with E-state index in [2.05, 4.69) is 0 Å². The number of hydrogen-bond acceptors (Lipinski definition) is 5. The van der Waals surface area contributed by atoms with Gasteiger partial charge < -0.3 is 9.47 Å². The zero-order valence-electron chi connectivity index (χ0n) is 16.8. The second-order valence-corrected chi connectivity index (χ2v) is 7.97. The zero-order chi connectivity index (χ0) is 21.9. The molecule has 0 aliphatic carbocycles. The lowest BCUT2D eigenvalue weighted by Gasteiger charge is -2.22. The van der Waals surface area contributed by atoms with Crippen molar-refractivity contribution in [3.8, 4) is 11.5 Å². The number of para-hydroxylation sites is 2. The van der Waals surface area contributed by atoms with Crippen molar-refractivity contribution in [1.29, 1.82) is 0 Å². The molecule has 1 amide bonds. The van der Waals surface area contributed by atoms with Gasteiger partial charge in [0.25, 0.3) is 0 Å². The molecule has 1 aliphatic heterocycles. The first-order valence-electron chi connectivity index (χ1n) is 9.93. The van der Waals surface area contributed by atoms with Gasteiger partial charge in [0.15, 0.2) is 5.76 Å². The van der Waals surface area contributed by atoms with E-state index in [1.165, 1.54) is 16.2 Å². The summed E-state index contributed by atoms with van der Waals surface area (Å²) in [5.74, 6) is 0.715. The average Bonchev–Trinajstić information content (AvgIpc) is 3.43. The van der Waals surface area contributed by atoms with Crippen molar-refractivity contribution < 1.29 is 19.1 Å². The summed E-state index contributed by atoms with van der Waals surface area (Å²) in [7, 11) is 0. The molecule has 156 valence electrons. The molecule has 1 aromatic heterocycles. The second-order valence-electron chi connectivity index (χ2n) is 6.99. The highest BCUT2D eigenvalue weighted by atomic mass is 32.1. The molecule has 0 spiro atoms. The van der Waals surface area contributed by atoms with Crippen molar-refractivity contribution >= 4 is 40.7 Å². The number of anilines is 2. The first-order valence-corrected chi connectivity index (χ1v) is 10.8. The quantitative estimate of drug-likeness (QED) is 0.332. The van der Waals surface area contributed by atoms with Crippen LogP contribution in [-0.4, -0.2) is 11.9 Å². The Morgan fingerprint density at radius 1 is 0.875 bits per heavy atom. The molecule has 2 heterocycles. The number of carbonyl (C=O) groups excluding carboxylic acids is 2. The summed E-state index contributed by atoms with van der Waals surface area (Å²) in [6.45, 7) is 0. The number of carbonyl (C=O) groups is 2. The van der Waals surface area contributed by atoms with Crippen LogP contribution in [0.4, 0.5) is 16.2 Å². The molecule has 0 saturated carbocycles. The molecule has 0 bridgehead atoms. The van der Waals surface area contributed by atoms with Gasteiger partial charge in [-0.3, -0.25) is 4.79 Å². The number of amides is 1. The SMILES string of the molecule is O=C1/C(=C/c2cccs2)Oc2cc(OC(=O)N(c3ccccc3)c3ccccc3)ccc21. The van der Waals surface area contributed by atoms with Gasteiger partial charge >= 0.3 is 6.09 Å². The normalized spacial score (nSPS) is 13.5. The van der Waals surface area contributed by atoms with E-state index in [-0.39, 0.29) is 17.3 Å². The van der Waals surface area contributed by atoms with Gasteiger partial charge in [0.1, 0.15) is 11.5 Å². The van der Waals surface area contributed by atoms with Gasteiger partial charge in [-0.2, -0.15) is 0 Å². The molecule has 32 heavy (non-hydrogen) atoms. The Morgan fingerprint density at radius 2 is 1.56 bits per heavy atom. The van der Waals surface area contributed by atoms with Gasteiger partial charge in [-0.15, -0.1) is 11.3 Å². The van der Waals surface area contributed by atoms with E-state index in [1.807, 2.05) is 78.2 Å². The zero-order valence-corrected chi connectivity index (χ0v) is 17.6. The van der Waals surface area contributed by atoms with E-state index in [1.54, 1.807) is 24.3 Å². The number of Topliss-reactive ketones (excluding diaryl/α,β-unsaturated/α-hetero) is 1. The Hall–Kier alpha value is -4.16. The highest BCUT2D eigenvalue weighted by Gasteiger charge is 2.29. The molecule has 0 fully saturated rings. The molecule has 6 heteroatoms. The van der Waals surface area contributed by atoms with E-state index in [0.717, 1.165) is 4.88 Å². The molecule has 5 nitrogen and oxygen atoms in total. The van der Waals surface area contributed by atoms with Crippen LogP contribution in [-0.2, 0) is 0 Å². The van der Waals surface area contributed by atoms with Crippen molar-refractivity contribution in [3.05, 3.63) is 113 Å². The third-order valence-corrected chi connectivity index (χ3v) is 5.69.